The first kappa shape index (κ1) is 31.9. The summed E-state index contributed by atoms with van der Waals surface area (Å²) in [4.78, 5) is 52.1. The van der Waals surface area contributed by atoms with Crippen molar-refractivity contribution in [3.8, 4) is 0 Å². The molecule has 5 heterocycles. The van der Waals surface area contributed by atoms with Crippen LogP contribution in [0.5, 0.6) is 0 Å². The summed E-state index contributed by atoms with van der Waals surface area (Å²) in [6, 6.07) is 5.18. The smallest absolute Gasteiger partial charge is 0.322 e. The molecule has 4 aliphatic heterocycles. The quantitative estimate of drug-likeness (QED) is 0.409. The van der Waals surface area contributed by atoms with Gasteiger partial charge in [0.2, 0.25) is 5.91 Å². The molecule has 11 nitrogen and oxygen atoms in total. The Morgan fingerprint density at radius 3 is 2.38 bits per heavy atom. The molecule has 1 aromatic carbocycles. The molecule has 4 aliphatic rings. The summed E-state index contributed by atoms with van der Waals surface area (Å²) in [5.41, 5.74) is 9.23. The Bertz CT molecular complexity index is 1370. The van der Waals surface area contributed by atoms with Crippen LogP contribution in [-0.4, -0.2) is 120 Å². The Hall–Kier alpha value is -3.06. The number of nitrogen functional groups attached to an aromatic ring is 1. The van der Waals surface area contributed by atoms with Crippen molar-refractivity contribution in [3.05, 3.63) is 44.6 Å². The summed E-state index contributed by atoms with van der Waals surface area (Å²) in [6.45, 7) is 9.18. The number of thiophene rings is 1. The van der Waals surface area contributed by atoms with Crippen molar-refractivity contribution < 1.29 is 14.4 Å². The summed E-state index contributed by atoms with van der Waals surface area (Å²) < 4.78 is 0. The zero-order valence-corrected chi connectivity index (χ0v) is 27.8. The number of nitrogens with zero attached hydrogens (tertiary/aromatic N) is 5. The van der Waals surface area contributed by atoms with E-state index in [2.05, 4.69) is 27.5 Å². The summed E-state index contributed by atoms with van der Waals surface area (Å²) >= 11 is 8.06. The molecule has 0 saturated carbocycles. The number of aryl methyl sites for hydroxylation is 1. The monoisotopic (exact) mass is 656 g/mol. The highest BCUT2D eigenvalue weighted by Gasteiger charge is 2.36. The number of rotatable bonds is 6. The molecule has 4 N–H and O–H groups in total. The van der Waals surface area contributed by atoms with Crippen molar-refractivity contribution in [1.29, 1.82) is 0 Å². The van der Waals surface area contributed by atoms with Gasteiger partial charge in [0.25, 0.3) is 0 Å². The van der Waals surface area contributed by atoms with Crippen LogP contribution >= 0.6 is 22.9 Å². The Morgan fingerprint density at radius 1 is 1.02 bits per heavy atom. The number of likely N-dealkylation sites (tertiary alicyclic amines) is 2. The lowest BCUT2D eigenvalue weighted by Gasteiger charge is -2.43. The Kier molecular flexibility index (Phi) is 9.74. The van der Waals surface area contributed by atoms with Crippen molar-refractivity contribution >= 4 is 52.3 Å². The molecule has 0 spiro atoms. The van der Waals surface area contributed by atoms with Gasteiger partial charge in [-0.15, -0.1) is 11.3 Å². The highest BCUT2D eigenvalue weighted by Crippen LogP contribution is 2.31. The number of anilines is 2. The van der Waals surface area contributed by atoms with Crippen LogP contribution in [0.2, 0.25) is 5.02 Å². The van der Waals surface area contributed by atoms with Gasteiger partial charge in [-0.25, -0.2) is 9.59 Å². The molecule has 6 rings (SSSR count). The Balaban J connectivity index is 1.09. The minimum Gasteiger partial charge on any atom is -0.397 e. The van der Waals surface area contributed by atoms with Crippen molar-refractivity contribution in [3.63, 3.8) is 0 Å². The van der Waals surface area contributed by atoms with Crippen LogP contribution in [-0.2, 0) is 17.8 Å². The highest BCUT2D eigenvalue weighted by atomic mass is 35.5. The lowest BCUT2D eigenvalue weighted by Crippen LogP contribution is -2.58. The zero-order valence-electron chi connectivity index (χ0n) is 26.3. The molecule has 0 bridgehead atoms. The van der Waals surface area contributed by atoms with E-state index in [1.807, 2.05) is 34.2 Å². The molecule has 244 valence electrons. The van der Waals surface area contributed by atoms with Crippen LogP contribution in [0.15, 0.2) is 23.6 Å². The predicted octanol–water partition coefficient (Wildman–Crippen LogP) is 3.66. The molecule has 1 aromatic heterocycles. The summed E-state index contributed by atoms with van der Waals surface area (Å²) in [5, 5.41) is 8.53. The van der Waals surface area contributed by atoms with E-state index in [1.54, 1.807) is 22.3 Å². The lowest BCUT2D eigenvalue weighted by atomic mass is 9.98. The number of piperidine rings is 2. The maximum Gasteiger partial charge on any atom is 0.322 e. The number of urea groups is 2. The number of amides is 5. The van der Waals surface area contributed by atoms with Crippen LogP contribution in [0.25, 0.3) is 0 Å². The average Bonchev–Trinajstić information content (AvgIpc) is 3.50. The van der Waals surface area contributed by atoms with E-state index in [4.69, 9.17) is 17.3 Å². The maximum absolute atomic E-state index is 14.0. The second kappa shape index (κ2) is 13.7. The van der Waals surface area contributed by atoms with Gasteiger partial charge in [0.15, 0.2) is 0 Å². The molecule has 0 radical (unpaired) electrons. The number of benzene rings is 1. The number of likely N-dealkylation sites (N-methyl/N-ethyl adjacent to an activating group) is 1. The van der Waals surface area contributed by atoms with Gasteiger partial charge in [-0.3, -0.25) is 9.69 Å². The van der Waals surface area contributed by atoms with Gasteiger partial charge < -0.3 is 36.0 Å². The molecule has 2 aromatic rings. The number of fused-ring (bicyclic) bond motifs is 1. The maximum atomic E-state index is 14.0. The molecule has 13 heteroatoms. The minimum atomic E-state index is -0.723. The first-order valence-corrected chi connectivity index (χ1v) is 17.4. The van der Waals surface area contributed by atoms with E-state index in [1.165, 1.54) is 0 Å². The SMILES string of the molecule is Cc1cc(C[C@@H](NC(=O)N2CCC(N3Cc4sccc4NC3=O)CC2)C(=O)N2CCC(N3CCN(C)CC3)CC2)cc(Cl)c1N. The number of hydrogen-bond donors (Lipinski definition) is 3. The van der Waals surface area contributed by atoms with Gasteiger partial charge in [0, 0.05) is 75.7 Å². The first-order chi connectivity index (χ1) is 21.7. The number of halogens is 1. The zero-order chi connectivity index (χ0) is 31.7. The van der Waals surface area contributed by atoms with Gasteiger partial charge in [0.05, 0.1) is 22.9 Å². The Morgan fingerprint density at radius 2 is 1.69 bits per heavy atom. The van der Waals surface area contributed by atoms with E-state index in [0.717, 1.165) is 60.7 Å². The first-order valence-electron chi connectivity index (χ1n) is 16.1. The van der Waals surface area contributed by atoms with Gasteiger partial charge in [-0.1, -0.05) is 17.7 Å². The molecule has 5 amide bonds. The number of carbonyl (C=O) groups excluding carboxylic acids is 3. The van der Waals surface area contributed by atoms with E-state index >= 15 is 0 Å². The molecule has 3 saturated heterocycles. The molecule has 45 heavy (non-hydrogen) atoms. The number of hydrogen-bond acceptors (Lipinski definition) is 7. The van der Waals surface area contributed by atoms with E-state index in [0.29, 0.717) is 68.7 Å². The second-order valence-corrected chi connectivity index (χ2v) is 14.4. The van der Waals surface area contributed by atoms with Crippen LogP contribution in [0.1, 0.15) is 41.7 Å². The summed E-state index contributed by atoms with van der Waals surface area (Å²) in [6.07, 6.45) is 3.58. The van der Waals surface area contributed by atoms with Crippen LogP contribution in [0, 0.1) is 6.92 Å². The largest absolute Gasteiger partial charge is 0.397 e. The topological polar surface area (TPSA) is 117 Å². The fourth-order valence-electron chi connectivity index (χ4n) is 7.14. The van der Waals surface area contributed by atoms with Crippen LogP contribution in [0.3, 0.4) is 0 Å². The van der Waals surface area contributed by atoms with E-state index in [9.17, 15) is 14.4 Å². The fourth-order valence-corrected chi connectivity index (χ4v) is 8.26. The van der Waals surface area contributed by atoms with Gasteiger partial charge in [-0.2, -0.15) is 0 Å². The molecule has 0 aliphatic carbocycles. The third-order valence-corrected chi connectivity index (χ3v) is 11.2. The van der Waals surface area contributed by atoms with Gasteiger partial charge in [0.1, 0.15) is 6.04 Å². The van der Waals surface area contributed by atoms with Crippen LogP contribution < -0.4 is 16.4 Å². The summed E-state index contributed by atoms with van der Waals surface area (Å²) in [5.74, 6) is -0.0580. The van der Waals surface area contributed by atoms with E-state index in [-0.39, 0.29) is 24.0 Å². The molecule has 1 atom stereocenters. The van der Waals surface area contributed by atoms with Crippen molar-refractivity contribution in [1.82, 2.24) is 29.8 Å². The lowest BCUT2D eigenvalue weighted by molar-refractivity contribution is -0.135. The van der Waals surface area contributed by atoms with Crippen molar-refractivity contribution in [2.24, 2.45) is 0 Å². The van der Waals surface area contributed by atoms with Crippen molar-refractivity contribution in [2.45, 2.75) is 63.7 Å². The van der Waals surface area contributed by atoms with E-state index < -0.39 is 6.04 Å². The highest BCUT2D eigenvalue weighted by molar-refractivity contribution is 7.10. The number of piperazine rings is 1. The average molecular weight is 657 g/mol. The Labute approximate surface area is 274 Å². The standard InChI is InChI=1S/C32H45ClN8O3S/c1-21-17-22(18-25(33)29(21)34)19-27(30(42)39-8-3-23(4-9-39)38-14-12-37(2)13-15-38)36-31(43)40-10-5-24(6-11-40)41-20-28-26(7-16-45-28)35-32(41)44/h7,16-18,23-24,27H,3-6,8-15,19-20,34H2,1-2H3,(H,35,44)(H,36,43)/t27-/m1/s1. The molecular formula is C32H45ClN8O3S. The molecule has 3 fully saturated rings. The van der Waals surface area contributed by atoms with Crippen molar-refractivity contribution in [2.75, 3.05) is 70.5 Å². The number of carbonyl (C=O) groups is 3. The predicted molar refractivity (Wildman–Crippen MR) is 179 cm³/mol. The minimum absolute atomic E-state index is 0.0580. The number of nitrogens with two attached hydrogens (primary N) is 1. The normalized spacial score (nSPS) is 21.4. The van der Waals surface area contributed by atoms with Gasteiger partial charge in [-0.05, 0) is 68.3 Å². The van der Waals surface area contributed by atoms with Gasteiger partial charge >= 0.3 is 12.1 Å². The summed E-state index contributed by atoms with van der Waals surface area (Å²) in [7, 11) is 2.16. The number of nitrogens with one attached hydrogen (secondary N) is 2. The van der Waals surface area contributed by atoms with Crippen LogP contribution in [0.4, 0.5) is 21.0 Å². The third-order valence-electron chi connectivity index (χ3n) is 10.0. The third kappa shape index (κ3) is 7.19. The molecule has 0 unspecified atom stereocenters. The second-order valence-electron chi connectivity index (χ2n) is 12.9. The fraction of sp³-hybridized carbons (Fsp3) is 0.594. The molecular weight excluding hydrogens is 612 g/mol.